The first-order valence-electron chi connectivity index (χ1n) is 9.62. The number of para-hydroxylation sites is 1. The van der Waals surface area contributed by atoms with Gasteiger partial charge >= 0.3 is 0 Å². The van der Waals surface area contributed by atoms with E-state index in [0.29, 0.717) is 5.82 Å². The summed E-state index contributed by atoms with van der Waals surface area (Å²) in [7, 11) is -3.69. The number of carbonyl (C=O) groups excluding carboxylic acids is 1. The number of sulfonamides is 1. The third kappa shape index (κ3) is 6.11. The number of aromatic nitrogens is 2. The molecule has 0 fully saturated rings. The minimum atomic E-state index is -3.69. The molecular weight excluding hydrogens is 423 g/mol. The van der Waals surface area contributed by atoms with Crippen LogP contribution in [0.3, 0.4) is 0 Å². The molecule has 0 aliphatic carbocycles. The van der Waals surface area contributed by atoms with E-state index in [9.17, 15) is 17.6 Å². The summed E-state index contributed by atoms with van der Waals surface area (Å²) in [6.07, 6.45) is 1.27. The van der Waals surface area contributed by atoms with E-state index in [1.165, 1.54) is 18.2 Å². The van der Waals surface area contributed by atoms with Crippen LogP contribution < -0.4 is 9.62 Å². The fraction of sp³-hybridized carbons (Fsp3) is 0.286. The van der Waals surface area contributed by atoms with E-state index in [4.69, 9.17) is 4.52 Å². The molecule has 0 aliphatic rings. The highest BCUT2D eigenvalue weighted by atomic mass is 32.2. The van der Waals surface area contributed by atoms with Crippen molar-refractivity contribution in [3.8, 4) is 11.4 Å². The van der Waals surface area contributed by atoms with Crippen molar-refractivity contribution in [3.63, 3.8) is 0 Å². The molecule has 3 rings (SSSR count). The lowest BCUT2D eigenvalue weighted by atomic mass is 10.1. The van der Waals surface area contributed by atoms with Crippen molar-refractivity contribution >= 4 is 21.6 Å². The SMILES string of the molecule is Cc1ccc(-c2noc(CNC(=O)CCCN(c3ccccc3F)S(C)(=O)=O)n2)cc1. The van der Waals surface area contributed by atoms with Crippen LogP contribution in [0.1, 0.15) is 24.3 Å². The molecule has 3 aromatic rings. The van der Waals surface area contributed by atoms with Gasteiger partial charge in [0.25, 0.3) is 0 Å². The number of rotatable bonds is 9. The summed E-state index contributed by atoms with van der Waals surface area (Å²) >= 11 is 0. The summed E-state index contributed by atoms with van der Waals surface area (Å²) in [5, 5.41) is 6.56. The molecular formula is C21H23FN4O4S. The van der Waals surface area contributed by atoms with E-state index < -0.39 is 15.8 Å². The average molecular weight is 447 g/mol. The molecule has 8 nitrogen and oxygen atoms in total. The first-order chi connectivity index (χ1) is 14.7. The number of nitrogens with one attached hydrogen (secondary N) is 1. The van der Waals surface area contributed by atoms with Crippen molar-refractivity contribution in [2.45, 2.75) is 26.3 Å². The number of anilines is 1. The quantitative estimate of drug-likeness (QED) is 0.542. The lowest BCUT2D eigenvalue weighted by Crippen LogP contribution is -2.32. The van der Waals surface area contributed by atoms with Crippen molar-refractivity contribution in [1.82, 2.24) is 15.5 Å². The standard InChI is InChI=1S/C21H23FN4O4S/c1-15-9-11-16(12-10-15)21-24-20(30-25-21)14-23-19(27)8-5-13-26(31(2,28)29)18-7-4-3-6-17(18)22/h3-4,6-7,9-12H,5,8,13-14H2,1-2H3,(H,23,27). The normalized spacial score (nSPS) is 11.3. The molecule has 164 valence electrons. The number of halogens is 1. The Morgan fingerprint density at radius 3 is 2.55 bits per heavy atom. The zero-order valence-corrected chi connectivity index (χ0v) is 18.0. The summed E-state index contributed by atoms with van der Waals surface area (Å²) < 4.78 is 44.2. The molecule has 1 heterocycles. The molecule has 0 unspecified atom stereocenters. The van der Waals surface area contributed by atoms with Crippen molar-refractivity contribution in [3.05, 3.63) is 65.8 Å². The smallest absolute Gasteiger partial charge is 0.246 e. The van der Waals surface area contributed by atoms with Gasteiger partial charge in [-0.05, 0) is 25.5 Å². The van der Waals surface area contributed by atoms with Gasteiger partial charge in [0.1, 0.15) is 5.82 Å². The number of benzene rings is 2. The van der Waals surface area contributed by atoms with Crippen LogP contribution in [0.2, 0.25) is 0 Å². The predicted molar refractivity (Wildman–Crippen MR) is 114 cm³/mol. The summed E-state index contributed by atoms with van der Waals surface area (Å²) in [5.74, 6) is -0.263. The van der Waals surface area contributed by atoms with Gasteiger partial charge in [0.2, 0.25) is 27.6 Å². The maximum atomic E-state index is 14.0. The van der Waals surface area contributed by atoms with Crippen molar-refractivity contribution in [1.29, 1.82) is 0 Å². The molecule has 0 spiro atoms. The van der Waals surface area contributed by atoms with Gasteiger partial charge in [-0.15, -0.1) is 0 Å². The topological polar surface area (TPSA) is 105 Å². The molecule has 2 aromatic carbocycles. The first-order valence-corrected chi connectivity index (χ1v) is 11.5. The largest absolute Gasteiger partial charge is 0.347 e. The number of hydrogen-bond acceptors (Lipinski definition) is 6. The Hall–Kier alpha value is -3.27. The Labute approximate surface area is 180 Å². The van der Waals surface area contributed by atoms with Gasteiger partial charge in [-0.3, -0.25) is 9.10 Å². The van der Waals surface area contributed by atoms with Crippen molar-refractivity contribution in [2.24, 2.45) is 0 Å². The molecule has 0 atom stereocenters. The molecule has 1 N–H and O–H groups in total. The van der Waals surface area contributed by atoms with E-state index in [-0.39, 0.29) is 43.4 Å². The van der Waals surface area contributed by atoms with Gasteiger partial charge in [0.05, 0.1) is 18.5 Å². The lowest BCUT2D eigenvalue weighted by Gasteiger charge is -2.22. The van der Waals surface area contributed by atoms with Crippen molar-refractivity contribution < 1.29 is 22.1 Å². The summed E-state index contributed by atoms with van der Waals surface area (Å²) in [6.45, 7) is 2.01. The zero-order valence-electron chi connectivity index (χ0n) is 17.2. The minimum absolute atomic E-state index is 0.0225. The molecule has 0 bridgehead atoms. The van der Waals surface area contributed by atoms with Crippen LogP contribution in [0.15, 0.2) is 53.1 Å². The highest BCUT2D eigenvalue weighted by Crippen LogP contribution is 2.22. The highest BCUT2D eigenvalue weighted by Gasteiger charge is 2.20. The Morgan fingerprint density at radius 1 is 1.16 bits per heavy atom. The molecule has 31 heavy (non-hydrogen) atoms. The van der Waals surface area contributed by atoms with Crippen LogP contribution >= 0.6 is 0 Å². The lowest BCUT2D eigenvalue weighted by molar-refractivity contribution is -0.121. The van der Waals surface area contributed by atoms with E-state index in [1.807, 2.05) is 31.2 Å². The van der Waals surface area contributed by atoms with Crippen LogP contribution in [-0.2, 0) is 21.4 Å². The van der Waals surface area contributed by atoms with Crippen LogP contribution in [0.5, 0.6) is 0 Å². The summed E-state index contributed by atoms with van der Waals surface area (Å²) in [5.41, 5.74) is 1.88. The van der Waals surface area contributed by atoms with E-state index >= 15 is 0 Å². The minimum Gasteiger partial charge on any atom is -0.347 e. The van der Waals surface area contributed by atoms with Crippen LogP contribution in [0.25, 0.3) is 11.4 Å². The van der Waals surface area contributed by atoms with Gasteiger partial charge in [-0.2, -0.15) is 4.98 Å². The van der Waals surface area contributed by atoms with Crippen LogP contribution in [0.4, 0.5) is 10.1 Å². The third-order valence-corrected chi connectivity index (χ3v) is 5.68. The Morgan fingerprint density at radius 2 is 1.87 bits per heavy atom. The van der Waals surface area contributed by atoms with E-state index in [0.717, 1.165) is 21.7 Å². The first kappa shape index (κ1) is 22.4. The second-order valence-electron chi connectivity index (χ2n) is 7.04. The Kier molecular flexibility index (Phi) is 7.01. The molecule has 0 saturated carbocycles. The average Bonchev–Trinajstić information content (AvgIpc) is 3.19. The van der Waals surface area contributed by atoms with Gasteiger partial charge in [0.15, 0.2) is 0 Å². The van der Waals surface area contributed by atoms with E-state index in [1.54, 1.807) is 6.07 Å². The highest BCUT2D eigenvalue weighted by molar-refractivity contribution is 7.92. The van der Waals surface area contributed by atoms with Gasteiger partial charge < -0.3 is 9.84 Å². The third-order valence-electron chi connectivity index (χ3n) is 4.50. The van der Waals surface area contributed by atoms with Crippen LogP contribution in [-0.4, -0.2) is 37.3 Å². The Bertz CT molecular complexity index is 1150. The van der Waals surface area contributed by atoms with E-state index in [2.05, 4.69) is 15.5 Å². The van der Waals surface area contributed by atoms with Crippen molar-refractivity contribution in [2.75, 3.05) is 17.1 Å². The molecule has 10 heteroatoms. The maximum absolute atomic E-state index is 14.0. The fourth-order valence-corrected chi connectivity index (χ4v) is 3.88. The molecule has 0 radical (unpaired) electrons. The van der Waals surface area contributed by atoms with Gasteiger partial charge in [-0.25, -0.2) is 12.8 Å². The zero-order chi connectivity index (χ0) is 22.4. The maximum Gasteiger partial charge on any atom is 0.246 e. The number of carbonyl (C=O) groups is 1. The number of nitrogens with zero attached hydrogens (tertiary/aromatic N) is 3. The molecule has 1 aromatic heterocycles. The van der Waals surface area contributed by atoms with Crippen LogP contribution in [0, 0.1) is 12.7 Å². The summed E-state index contributed by atoms with van der Waals surface area (Å²) in [4.78, 5) is 16.4. The number of hydrogen-bond donors (Lipinski definition) is 1. The van der Waals surface area contributed by atoms with Gasteiger partial charge in [-0.1, -0.05) is 47.1 Å². The Balaban J connectivity index is 1.51. The second kappa shape index (κ2) is 9.69. The molecule has 0 saturated heterocycles. The molecule has 0 aliphatic heterocycles. The molecule has 1 amide bonds. The second-order valence-corrected chi connectivity index (χ2v) is 8.95. The van der Waals surface area contributed by atoms with Gasteiger partial charge in [0, 0.05) is 18.5 Å². The number of aryl methyl sites for hydroxylation is 1. The predicted octanol–water partition coefficient (Wildman–Crippen LogP) is 3.05. The number of amides is 1. The monoisotopic (exact) mass is 446 g/mol. The summed E-state index contributed by atoms with van der Waals surface area (Å²) in [6, 6.07) is 13.3. The fourth-order valence-electron chi connectivity index (χ4n) is 2.91.